The second-order valence-corrected chi connectivity index (χ2v) is 8.19. The highest BCUT2D eigenvalue weighted by molar-refractivity contribution is 5.87. The largest absolute Gasteiger partial charge is 0.485 e. The van der Waals surface area contributed by atoms with Crippen LogP contribution in [-0.4, -0.2) is 42.0 Å². The van der Waals surface area contributed by atoms with Crippen molar-refractivity contribution < 1.29 is 19.0 Å². The molecule has 34 heavy (non-hydrogen) atoms. The van der Waals surface area contributed by atoms with Crippen LogP contribution < -0.4 is 10.3 Å². The Labute approximate surface area is 193 Å². The van der Waals surface area contributed by atoms with Gasteiger partial charge in [0, 0.05) is 36.3 Å². The number of carbonyl (C=O) groups is 1. The summed E-state index contributed by atoms with van der Waals surface area (Å²) < 4.78 is 21.9. The van der Waals surface area contributed by atoms with Crippen LogP contribution in [-0.2, 0) is 26.6 Å². The molecule has 0 spiro atoms. The standard InChI is InChI=1S/C24H22FN5O4/c1-28-21-3-2-8-29(24(32)33)13-20(21)19-7-6-17(9-22(19)28)30-23(31)10-18(12-27-30)34-14-16-5-4-15(25)11-26-16/h4-7,9-12H,2-3,8,13-14H2,1H3,(H,32,33). The summed E-state index contributed by atoms with van der Waals surface area (Å²) in [4.78, 5) is 29.7. The van der Waals surface area contributed by atoms with Crippen molar-refractivity contribution >= 4 is 17.0 Å². The number of carboxylic acid groups (broad SMARTS) is 1. The lowest BCUT2D eigenvalue weighted by molar-refractivity contribution is 0.143. The molecule has 1 N–H and O–H groups in total. The number of amides is 1. The van der Waals surface area contributed by atoms with Crippen molar-refractivity contribution in [2.45, 2.75) is 26.0 Å². The Bertz CT molecular complexity index is 1440. The van der Waals surface area contributed by atoms with Gasteiger partial charge in [-0.2, -0.15) is 9.78 Å². The molecule has 0 saturated heterocycles. The highest BCUT2D eigenvalue weighted by Gasteiger charge is 2.23. The zero-order valence-corrected chi connectivity index (χ0v) is 18.4. The van der Waals surface area contributed by atoms with Crippen LogP contribution in [0.3, 0.4) is 0 Å². The average Bonchev–Trinajstić information content (AvgIpc) is 2.97. The minimum absolute atomic E-state index is 0.0830. The van der Waals surface area contributed by atoms with Crippen LogP contribution in [0.1, 0.15) is 23.4 Å². The Morgan fingerprint density at radius 1 is 1.21 bits per heavy atom. The highest BCUT2D eigenvalue weighted by atomic mass is 19.1. The number of benzene rings is 1. The molecular weight excluding hydrogens is 441 g/mol. The first-order chi connectivity index (χ1) is 16.4. The molecule has 0 saturated carbocycles. The number of pyridine rings is 1. The first-order valence-electron chi connectivity index (χ1n) is 10.8. The van der Waals surface area contributed by atoms with E-state index in [1.807, 2.05) is 19.2 Å². The van der Waals surface area contributed by atoms with Crippen molar-refractivity contribution in [1.82, 2.24) is 24.2 Å². The molecule has 10 heteroatoms. The Morgan fingerprint density at radius 3 is 2.79 bits per heavy atom. The number of aryl methyl sites for hydroxylation is 1. The van der Waals surface area contributed by atoms with Gasteiger partial charge in [-0.25, -0.2) is 9.18 Å². The second kappa shape index (κ2) is 8.62. The van der Waals surface area contributed by atoms with E-state index in [0.29, 0.717) is 24.5 Å². The van der Waals surface area contributed by atoms with Crippen LogP contribution in [0.5, 0.6) is 5.75 Å². The van der Waals surface area contributed by atoms with Crippen LogP contribution in [0.4, 0.5) is 9.18 Å². The van der Waals surface area contributed by atoms with Crippen molar-refractivity contribution in [1.29, 1.82) is 0 Å². The zero-order chi connectivity index (χ0) is 23.8. The van der Waals surface area contributed by atoms with Gasteiger partial charge in [0.05, 0.1) is 35.8 Å². The predicted octanol–water partition coefficient (Wildman–Crippen LogP) is 3.26. The van der Waals surface area contributed by atoms with Gasteiger partial charge in [-0.1, -0.05) is 6.07 Å². The van der Waals surface area contributed by atoms with Gasteiger partial charge in [0.2, 0.25) is 0 Å². The fourth-order valence-corrected chi connectivity index (χ4v) is 4.37. The molecule has 4 aromatic rings. The summed E-state index contributed by atoms with van der Waals surface area (Å²) in [5, 5.41) is 14.7. The minimum atomic E-state index is -0.922. The molecule has 3 aromatic heterocycles. The summed E-state index contributed by atoms with van der Waals surface area (Å²) in [5.74, 6) is -0.147. The molecule has 0 radical (unpaired) electrons. The van der Waals surface area contributed by atoms with Crippen LogP contribution in [0.2, 0.25) is 0 Å². The lowest BCUT2D eigenvalue weighted by atomic mass is 10.1. The SMILES string of the molecule is Cn1c2c(c3ccc(-n4ncc(OCc5ccc(F)cn5)cc4=O)cc31)CN(C(=O)O)CCC2. The fraction of sp³-hybridized carbons (Fsp3) is 0.250. The minimum Gasteiger partial charge on any atom is -0.485 e. The predicted molar refractivity (Wildman–Crippen MR) is 122 cm³/mol. The van der Waals surface area contributed by atoms with Gasteiger partial charge in [-0.3, -0.25) is 9.78 Å². The van der Waals surface area contributed by atoms with Crippen LogP contribution >= 0.6 is 0 Å². The number of aromatic nitrogens is 4. The van der Waals surface area contributed by atoms with E-state index in [-0.39, 0.29) is 17.9 Å². The number of ether oxygens (including phenoxy) is 1. The molecule has 1 aliphatic rings. The van der Waals surface area contributed by atoms with Crippen LogP contribution in [0, 0.1) is 5.82 Å². The van der Waals surface area contributed by atoms with Crippen LogP contribution in [0.25, 0.3) is 16.6 Å². The Kier molecular flexibility index (Phi) is 5.48. The van der Waals surface area contributed by atoms with E-state index in [1.54, 1.807) is 6.07 Å². The van der Waals surface area contributed by atoms with E-state index in [2.05, 4.69) is 14.6 Å². The number of hydrogen-bond acceptors (Lipinski definition) is 5. The molecular formula is C24H22FN5O4. The maximum absolute atomic E-state index is 13.0. The monoisotopic (exact) mass is 463 g/mol. The third kappa shape index (κ3) is 3.98. The molecule has 1 aliphatic heterocycles. The Hall–Kier alpha value is -4.21. The van der Waals surface area contributed by atoms with Gasteiger partial charge in [-0.05, 0) is 37.1 Å². The number of fused-ring (bicyclic) bond motifs is 3. The normalized spacial score (nSPS) is 13.5. The van der Waals surface area contributed by atoms with Crippen molar-refractivity contribution in [3.05, 3.63) is 81.9 Å². The third-order valence-corrected chi connectivity index (χ3v) is 6.08. The molecule has 5 rings (SSSR count). The molecule has 4 heterocycles. The molecule has 9 nitrogen and oxygen atoms in total. The highest BCUT2D eigenvalue weighted by Crippen LogP contribution is 2.31. The summed E-state index contributed by atoms with van der Waals surface area (Å²) in [6.07, 6.45) is 3.17. The third-order valence-electron chi connectivity index (χ3n) is 6.08. The molecule has 0 atom stereocenters. The van der Waals surface area contributed by atoms with Crippen molar-refractivity contribution in [2.75, 3.05) is 6.54 Å². The topological polar surface area (TPSA) is 102 Å². The second-order valence-electron chi connectivity index (χ2n) is 8.19. The van der Waals surface area contributed by atoms with E-state index < -0.39 is 11.9 Å². The number of halogens is 1. The zero-order valence-electron chi connectivity index (χ0n) is 18.4. The molecule has 0 unspecified atom stereocenters. The van der Waals surface area contributed by atoms with E-state index in [9.17, 15) is 19.1 Å². The van der Waals surface area contributed by atoms with E-state index in [0.717, 1.165) is 41.2 Å². The van der Waals surface area contributed by atoms with Gasteiger partial charge in [0.25, 0.3) is 5.56 Å². The smallest absolute Gasteiger partial charge is 0.407 e. The van der Waals surface area contributed by atoms with E-state index >= 15 is 0 Å². The molecule has 0 bridgehead atoms. The molecule has 174 valence electrons. The quantitative estimate of drug-likeness (QED) is 0.498. The average molecular weight is 463 g/mol. The number of hydrogen-bond donors (Lipinski definition) is 1. The first-order valence-corrected chi connectivity index (χ1v) is 10.8. The maximum Gasteiger partial charge on any atom is 0.407 e. The van der Waals surface area contributed by atoms with Gasteiger partial charge in [0.15, 0.2) is 0 Å². The van der Waals surface area contributed by atoms with Gasteiger partial charge >= 0.3 is 6.09 Å². The summed E-state index contributed by atoms with van der Waals surface area (Å²) in [6.45, 7) is 0.933. The molecule has 1 aromatic carbocycles. The number of rotatable bonds is 4. The van der Waals surface area contributed by atoms with Gasteiger partial charge < -0.3 is 19.3 Å². The molecule has 0 aliphatic carbocycles. The lowest BCUT2D eigenvalue weighted by Gasteiger charge is -2.16. The van der Waals surface area contributed by atoms with E-state index in [1.165, 1.54) is 34.0 Å². The van der Waals surface area contributed by atoms with Crippen molar-refractivity contribution in [3.63, 3.8) is 0 Å². The fourth-order valence-electron chi connectivity index (χ4n) is 4.37. The Balaban J connectivity index is 1.43. The molecule has 1 amide bonds. The summed E-state index contributed by atoms with van der Waals surface area (Å²) in [5.41, 5.74) is 3.77. The number of nitrogens with zero attached hydrogens (tertiary/aromatic N) is 5. The summed E-state index contributed by atoms with van der Waals surface area (Å²) >= 11 is 0. The van der Waals surface area contributed by atoms with E-state index in [4.69, 9.17) is 4.74 Å². The summed E-state index contributed by atoms with van der Waals surface area (Å²) in [6, 6.07) is 9.73. The van der Waals surface area contributed by atoms with Crippen molar-refractivity contribution in [3.8, 4) is 11.4 Å². The Morgan fingerprint density at radius 2 is 2.06 bits per heavy atom. The summed E-state index contributed by atoms with van der Waals surface area (Å²) in [7, 11) is 1.96. The first kappa shape index (κ1) is 21.6. The molecule has 0 fully saturated rings. The lowest BCUT2D eigenvalue weighted by Crippen LogP contribution is -2.28. The van der Waals surface area contributed by atoms with Crippen LogP contribution in [0.15, 0.2) is 53.6 Å². The van der Waals surface area contributed by atoms with Gasteiger partial charge in [-0.15, -0.1) is 0 Å². The maximum atomic E-state index is 13.0. The van der Waals surface area contributed by atoms with Crippen molar-refractivity contribution in [2.24, 2.45) is 7.05 Å². The van der Waals surface area contributed by atoms with Gasteiger partial charge in [0.1, 0.15) is 18.2 Å².